The van der Waals surface area contributed by atoms with Crippen LogP contribution in [0, 0.1) is 5.92 Å². The number of amides is 5. The molecule has 3 fully saturated rings. The van der Waals surface area contributed by atoms with Gasteiger partial charge in [0.1, 0.15) is 16.8 Å². The van der Waals surface area contributed by atoms with Crippen LogP contribution in [0.15, 0.2) is 66.9 Å². The molecule has 5 heterocycles. The maximum Gasteiger partial charge on any atom is 0.262 e. The number of methoxy groups -OCH3 is 1. The maximum absolute atomic E-state index is 13.7. The molecule has 17 heteroatoms. The fourth-order valence-electron chi connectivity index (χ4n) is 8.13. The Morgan fingerprint density at radius 3 is 2.24 bits per heavy atom. The number of piperazine rings is 1. The third-order valence-electron chi connectivity index (χ3n) is 11.3. The lowest BCUT2D eigenvalue weighted by Crippen LogP contribution is -2.54. The molecule has 1 aromatic heterocycles. The molecule has 4 aliphatic rings. The number of hydrogen-bond donors (Lipinski definition) is 3. The van der Waals surface area contributed by atoms with Gasteiger partial charge < -0.3 is 30.1 Å². The number of fused-ring (bicyclic) bond motifs is 1. The van der Waals surface area contributed by atoms with Gasteiger partial charge in [0.15, 0.2) is 11.6 Å². The van der Waals surface area contributed by atoms with Gasteiger partial charge in [0.2, 0.25) is 23.7 Å². The van der Waals surface area contributed by atoms with E-state index >= 15 is 0 Å². The second kappa shape index (κ2) is 16.4. The fraction of sp³-hybridized carbons (Fsp3) is 0.333. The van der Waals surface area contributed by atoms with E-state index in [1.807, 2.05) is 29.2 Å². The first-order valence-corrected chi connectivity index (χ1v) is 19.9. The summed E-state index contributed by atoms with van der Waals surface area (Å²) >= 11 is 6.41. The van der Waals surface area contributed by atoms with Crippen molar-refractivity contribution in [2.24, 2.45) is 5.92 Å². The van der Waals surface area contributed by atoms with Gasteiger partial charge >= 0.3 is 0 Å². The first-order chi connectivity index (χ1) is 28.5. The van der Waals surface area contributed by atoms with E-state index in [1.54, 1.807) is 43.5 Å². The summed E-state index contributed by atoms with van der Waals surface area (Å²) in [5.74, 6) is -1.03. The van der Waals surface area contributed by atoms with Crippen LogP contribution in [0.2, 0.25) is 5.02 Å². The average Bonchev–Trinajstić information content (AvgIpc) is 3.49. The lowest BCUT2D eigenvalue weighted by Gasteiger charge is -2.40. The second-order valence-electron chi connectivity index (χ2n) is 14.9. The Labute approximate surface area is 344 Å². The van der Waals surface area contributed by atoms with Gasteiger partial charge in [-0.25, -0.2) is 4.98 Å². The van der Waals surface area contributed by atoms with E-state index in [9.17, 15) is 28.8 Å². The zero-order valence-electron chi connectivity index (χ0n) is 32.5. The fourth-order valence-corrected chi connectivity index (χ4v) is 8.26. The minimum atomic E-state index is -1.02. The van der Waals surface area contributed by atoms with Crippen molar-refractivity contribution < 1.29 is 33.5 Å². The summed E-state index contributed by atoms with van der Waals surface area (Å²) in [5, 5.41) is 8.86. The van der Waals surface area contributed by atoms with E-state index in [0.29, 0.717) is 80.6 Å². The normalized spacial score (nSPS) is 18.5. The van der Waals surface area contributed by atoms with Gasteiger partial charge in [0, 0.05) is 74.6 Å². The van der Waals surface area contributed by atoms with Gasteiger partial charge in [0.25, 0.3) is 11.8 Å². The van der Waals surface area contributed by atoms with E-state index in [0.717, 1.165) is 16.3 Å². The first kappa shape index (κ1) is 39.3. The van der Waals surface area contributed by atoms with E-state index < -0.39 is 29.7 Å². The molecule has 0 bridgehead atoms. The van der Waals surface area contributed by atoms with Crippen molar-refractivity contribution >= 4 is 81.4 Å². The molecule has 3 N–H and O–H groups in total. The Morgan fingerprint density at radius 2 is 1.51 bits per heavy atom. The van der Waals surface area contributed by atoms with Gasteiger partial charge in [-0.15, -0.1) is 0 Å². The second-order valence-corrected chi connectivity index (χ2v) is 15.3. The molecule has 4 aromatic rings. The zero-order chi connectivity index (χ0) is 41.4. The van der Waals surface area contributed by atoms with Crippen molar-refractivity contribution in [3.05, 3.63) is 88.6 Å². The molecule has 304 valence electrons. The molecule has 1 atom stereocenters. The van der Waals surface area contributed by atoms with Crippen LogP contribution < -0.4 is 30.5 Å². The first-order valence-electron chi connectivity index (χ1n) is 19.5. The number of aromatic nitrogens is 2. The van der Waals surface area contributed by atoms with E-state index in [1.165, 1.54) is 13.1 Å². The van der Waals surface area contributed by atoms with Gasteiger partial charge in [-0.2, -0.15) is 4.98 Å². The highest BCUT2D eigenvalue weighted by atomic mass is 35.5. The number of nitrogens with one attached hydrogen (secondary N) is 3. The standard InChI is InChI=1S/C42H42ClN9O7/c1-24(53)28-5-3-4-6-32(28)45-37-31(43)23-44-42(48-37)46-33-10-8-27(22-35(33)59-2)50-17-19-51(20-18-50)39(56)25-13-15-49(16-14-25)26-7-9-29-30(21-26)41(58)52(40(29)57)34-11-12-36(54)47-38(34)55/h3-10,21-23,25,34H,11-20H2,1-2H3,(H,47,54,55)(H2,44,45,46,48). The molecule has 0 aliphatic carbocycles. The number of para-hydroxylation sites is 1. The van der Waals surface area contributed by atoms with Crippen LogP contribution in [-0.4, -0.2) is 108 Å². The van der Waals surface area contributed by atoms with Gasteiger partial charge in [-0.3, -0.25) is 39.0 Å². The lowest BCUT2D eigenvalue weighted by molar-refractivity contribution is -0.137. The van der Waals surface area contributed by atoms with Crippen LogP contribution in [0.1, 0.15) is 63.7 Å². The number of ketones is 1. The van der Waals surface area contributed by atoms with Gasteiger partial charge in [0.05, 0.1) is 35.8 Å². The predicted octanol–water partition coefficient (Wildman–Crippen LogP) is 4.79. The number of rotatable bonds is 10. The Bertz CT molecular complexity index is 2380. The van der Waals surface area contributed by atoms with Gasteiger partial charge in [-0.1, -0.05) is 23.7 Å². The van der Waals surface area contributed by atoms with Crippen LogP contribution in [0.4, 0.5) is 34.5 Å². The number of imide groups is 2. The maximum atomic E-state index is 13.7. The molecule has 0 radical (unpaired) electrons. The molecule has 1 unspecified atom stereocenters. The number of carbonyl (C=O) groups excluding carboxylic acids is 6. The van der Waals surface area contributed by atoms with Crippen LogP contribution in [0.5, 0.6) is 5.75 Å². The zero-order valence-corrected chi connectivity index (χ0v) is 33.3. The number of anilines is 6. The molecular formula is C42H42ClN9O7. The topological polar surface area (TPSA) is 186 Å². The molecule has 0 spiro atoms. The predicted molar refractivity (Wildman–Crippen MR) is 220 cm³/mol. The van der Waals surface area contributed by atoms with E-state index in [4.69, 9.17) is 16.3 Å². The Morgan fingerprint density at radius 1 is 0.814 bits per heavy atom. The highest BCUT2D eigenvalue weighted by Crippen LogP contribution is 2.35. The average molecular weight is 820 g/mol. The van der Waals surface area contributed by atoms with Crippen molar-refractivity contribution in [1.29, 1.82) is 0 Å². The minimum absolute atomic E-state index is 0.0611. The number of piperidine rings is 2. The molecule has 5 amide bonds. The molecule has 59 heavy (non-hydrogen) atoms. The number of benzene rings is 3. The van der Waals surface area contributed by atoms with Crippen LogP contribution in [-0.2, 0) is 14.4 Å². The van der Waals surface area contributed by atoms with Crippen LogP contribution in [0.3, 0.4) is 0 Å². The molecule has 3 aromatic carbocycles. The Balaban J connectivity index is 0.846. The summed E-state index contributed by atoms with van der Waals surface area (Å²) in [7, 11) is 1.59. The van der Waals surface area contributed by atoms with Crippen molar-refractivity contribution in [3.8, 4) is 5.75 Å². The largest absolute Gasteiger partial charge is 0.494 e. The van der Waals surface area contributed by atoms with Crippen molar-refractivity contribution in [2.45, 2.75) is 38.6 Å². The van der Waals surface area contributed by atoms with E-state index in [2.05, 4.69) is 35.7 Å². The third-order valence-corrected chi connectivity index (χ3v) is 11.6. The smallest absolute Gasteiger partial charge is 0.262 e. The van der Waals surface area contributed by atoms with Crippen LogP contribution >= 0.6 is 11.6 Å². The van der Waals surface area contributed by atoms with Crippen molar-refractivity contribution in [3.63, 3.8) is 0 Å². The minimum Gasteiger partial charge on any atom is -0.494 e. The van der Waals surface area contributed by atoms with Crippen molar-refractivity contribution in [1.82, 2.24) is 25.1 Å². The number of carbonyl (C=O) groups is 6. The highest BCUT2D eigenvalue weighted by Gasteiger charge is 2.45. The number of Topliss-reactive ketones (excluding diaryl/α,β-unsaturated/α-hetero) is 1. The molecule has 16 nitrogen and oxygen atoms in total. The highest BCUT2D eigenvalue weighted by molar-refractivity contribution is 6.33. The molecule has 0 saturated carbocycles. The number of ether oxygens (including phenoxy) is 1. The molecular weight excluding hydrogens is 778 g/mol. The Hall–Kier alpha value is -6.55. The monoisotopic (exact) mass is 819 g/mol. The number of halogens is 1. The lowest BCUT2D eigenvalue weighted by atomic mass is 9.94. The summed E-state index contributed by atoms with van der Waals surface area (Å²) in [4.78, 5) is 92.5. The number of hydrogen-bond acceptors (Lipinski definition) is 13. The Kier molecular flexibility index (Phi) is 10.9. The summed E-state index contributed by atoms with van der Waals surface area (Å²) in [5.41, 5.74) is 3.94. The summed E-state index contributed by atoms with van der Waals surface area (Å²) < 4.78 is 5.74. The van der Waals surface area contributed by atoms with Crippen molar-refractivity contribution in [2.75, 3.05) is 66.8 Å². The SMILES string of the molecule is COc1cc(N2CCN(C(=O)C3CCN(c4ccc5c(c4)C(=O)N(C4CCC(=O)NC4=O)C5=O)CC3)CC2)ccc1Nc1ncc(Cl)c(Nc2ccccc2C(C)=O)n1. The summed E-state index contributed by atoms with van der Waals surface area (Å²) in [6, 6.07) is 17.0. The van der Waals surface area contributed by atoms with Crippen LogP contribution in [0.25, 0.3) is 0 Å². The third kappa shape index (κ3) is 7.87. The van der Waals surface area contributed by atoms with E-state index in [-0.39, 0.29) is 52.5 Å². The summed E-state index contributed by atoms with van der Waals surface area (Å²) in [6.07, 6.45) is 2.94. The molecule has 3 saturated heterocycles. The number of nitrogens with zero attached hydrogens (tertiary/aromatic N) is 6. The quantitative estimate of drug-likeness (QED) is 0.147. The molecule has 8 rings (SSSR count). The molecule has 4 aliphatic heterocycles. The summed E-state index contributed by atoms with van der Waals surface area (Å²) in [6.45, 7) is 5.17. The van der Waals surface area contributed by atoms with Gasteiger partial charge in [-0.05, 0) is 68.7 Å².